The number of piperidine rings is 1. The summed E-state index contributed by atoms with van der Waals surface area (Å²) in [5, 5.41) is 7.17. The van der Waals surface area contributed by atoms with Crippen LogP contribution in [0.3, 0.4) is 0 Å². The first kappa shape index (κ1) is 31.8. The highest BCUT2D eigenvalue weighted by atomic mass is 79.9. The lowest BCUT2D eigenvalue weighted by Gasteiger charge is -2.34. The second-order valence-electron chi connectivity index (χ2n) is 12.1. The molecule has 1 atom stereocenters. The summed E-state index contributed by atoms with van der Waals surface area (Å²) in [6, 6.07) is 15.6. The van der Waals surface area contributed by atoms with Crippen LogP contribution in [0.25, 0.3) is 0 Å². The van der Waals surface area contributed by atoms with Gasteiger partial charge in [-0.15, -0.1) is 0 Å². The number of nitrogens with zero attached hydrogens (tertiary/aromatic N) is 1. The first-order valence-electron chi connectivity index (χ1n) is 15.2. The van der Waals surface area contributed by atoms with Crippen LogP contribution in [0.15, 0.2) is 45.3 Å². The molecule has 2 fully saturated rings. The van der Waals surface area contributed by atoms with Crippen molar-refractivity contribution in [2.24, 2.45) is 5.73 Å². The van der Waals surface area contributed by atoms with Crippen molar-refractivity contribution in [3.63, 3.8) is 0 Å². The maximum absolute atomic E-state index is 11.1. The molecule has 1 unspecified atom stereocenters. The fourth-order valence-electron chi connectivity index (χ4n) is 6.36. The van der Waals surface area contributed by atoms with Crippen molar-refractivity contribution in [3.05, 3.63) is 67.6 Å². The Labute approximate surface area is 258 Å². The highest BCUT2D eigenvalue weighted by Gasteiger charge is 2.23. The van der Waals surface area contributed by atoms with Crippen molar-refractivity contribution in [2.45, 2.75) is 101 Å². The Balaban J connectivity index is 0.000000151. The summed E-state index contributed by atoms with van der Waals surface area (Å²) >= 11 is 6.99. The van der Waals surface area contributed by atoms with Crippen LogP contribution in [-0.2, 0) is 30.5 Å². The molecule has 3 aliphatic carbocycles. The van der Waals surface area contributed by atoms with E-state index in [1.54, 1.807) is 5.56 Å². The maximum Gasteiger partial charge on any atom is 0.137 e. The molecule has 0 aromatic heterocycles. The highest BCUT2D eigenvalue weighted by molar-refractivity contribution is 9.10. The first-order chi connectivity index (χ1) is 19.3. The van der Waals surface area contributed by atoms with Crippen molar-refractivity contribution >= 4 is 37.6 Å². The monoisotopic (exact) mass is 674 g/mol. The normalized spacial score (nSPS) is 25.0. The fourth-order valence-corrected chi connectivity index (χ4v) is 7.18. The average Bonchev–Trinajstić information content (AvgIpc) is 2.95. The Morgan fingerprint density at radius 3 is 2.02 bits per heavy atom. The number of hydrogen-bond acceptors (Lipinski definition) is 5. The average molecular weight is 677 g/mol. The van der Waals surface area contributed by atoms with E-state index in [0.29, 0.717) is 30.7 Å². The van der Waals surface area contributed by atoms with Crippen LogP contribution in [0.5, 0.6) is 0 Å². The van der Waals surface area contributed by atoms with E-state index in [1.165, 1.54) is 92.0 Å². The van der Waals surface area contributed by atoms with E-state index in [-0.39, 0.29) is 0 Å². The van der Waals surface area contributed by atoms with E-state index >= 15 is 0 Å². The van der Waals surface area contributed by atoms with Gasteiger partial charge in [-0.25, -0.2) is 0 Å². The third-order valence-corrected chi connectivity index (χ3v) is 9.98. The molecular weight excluding hydrogens is 628 g/mol. The van der Waals surface area contributed by atoms with E-state index < -0.39 is 0 Å². The van der Waals surface area contributed by atoms with Crippen LogP contribution in [0.1, 0.15) is 73.6 Å². The van der Waals surface area contributed by atoms with Gasteiger partial charge in [-0.2, -0.15) is 0 Å². The Bertz CT molecular complexity index is 1090. The number of nitrogens with one attached hydrogen (secondary N) is 2. The van der Waals surface area contributed by atoms with Gasteiger partial charge in [0.05, 0.1) is 0 Å². The molecular formula is C33H48Br2N4O. The maximum atomic E-state index is 11.1. The molecule has 0 bridgehead atoms. The van der Waals surface area contributed by atoms with Crippen LogP contribution in [0.2, 0.25) is 0 Å². The van der Waals surface area contributed by atoms with Gasteiger partial charge >= 0.3 is 0 Å². The molecule has 2 aromatic rings. The summed E-state index contributed by atoms with van der Waals surface area (Å²) in [6.07, 6.45) is 13.5. The molecule has 0 spiro atoms. The molecule has 5 nitrogen and oxygen atoms in total. The number of Topliss-reactive ketones (excluding diaryl/α,β-unsaturated/α-hetero) is 1. The molecule has 220 valence electrons. The third-order valence-electron chi connectivity index (χ3n) is 9.00. The fraction of sp³-hybridized carbons (Fsp3) is 0.606. The molecule has 2 aromatic carbocycles. The SMILES string of the molecule is CN1CCC(NC2CCc3ccc(Br)cc3C2)CC1.CNC1CCC(N)CC1.O=C1CCc2ccc(Br)cc2C1. The zero-order valence-electron chi connectivity index (χ0n) is 24.4. The molecule has 1 saturated heterocycles. The van der Waals surface area contributed by atoms with Gasteiger partial charge in [-0.3, -0.25) is 4.79 Å². The Hall–Kier alpha value is -1.09. The van der Waals surface area contributed by atoms with Crippen molar-refractivity contribution in [1.82, 2.24) is 15.5 Å². The minimum atomic E-state index is 0.362. The van der Waals surface area contributed by atoms with E-state index in [4.69, 9.17) is 5.73 Å². The number of ketones is 1. The number of rotatable bonds is 3. The molecule has 6 rings (SSSR count). The van der Waals surface area contributed by atoms with Crippen molar-refractivity contribution < 1.29 is 4.79 Å². The smallest absolute Gasteiger partial charge is 0.137 e. The first-order valence-corrected chi connectivity index (χ1v) is 16.8. The minimum absolute atomic E-state index is 0.362. The summed E-state index contributed by atoms with van der Waals surface area (Å²) < 4.78 is 2.28. The number of halogens is 2. The van der Waals surface area contributed by atoms with Gasteiger partial charge in [0.15, 0.2) is 0 Å². The van der Waals surface area contributed by atoms with Crippen LogP contribution < -0.4 is 16.4 Å². The van der Waals surface area contributed by atoms with Crippen LogP contribution >= 0.6 is 31.9 Å². The summed E-state index contributed by atoms with van der Waals surface area (Å²) in [7, 11) is 4.26. The summed E-state index contributed by atoms with van der Waals surface area (Å²) in [6.45, 7) is 2.49. The van der Waals surface area contributed by atoms with Gasteiger partial charge in [-0.05, 0) is 138 Å². The molecule has 40 heavy (non-hydrogen) atoms. The Morgan fingerprint density at radius 2 is 1.38 bits per heavy atom. The standard InChI is InChI=1S/C16H23BrN2.C10H9BrO.C7H16N2/c1-19-8-6-15(7-9-19)18-16-5-3-12-2-4-14(17)10-13(12)11-16;11-9-3-1-7-2-4-10(12)6-8(7)5-9;1-9-7-4-2-6(8)3-5-7/h2,4,10,15-16,18H,3,5-9,11H2,1H3;1,3,5H,2,4,6H2;6-7,9H,2-5,8H2,1H3. The lowest BCUT2D eigenvalue weighted by molar-refractivity contribution is -0.118. The largest absolute Gasteiger partial charge is 0.328 e. The van der Waals surface area contributed by atoms with Crippen molar-refractivity contribution in [2.75, 3.05) is 27.2 Å². The third kappa shape index (κ3) is 10.0. The van der Waals surface area contributed by atoms with Gasteiger partial charge in [0, 0.05) is 46.0 Å². The molecule has 0 amide bonds. The molecule has 0 radical (unpaired) electrons. The van der Waals surface area contributed by atoms with Crippen molar-refractivity contribution in [3.8, 4) is 0 Å². The quantitative estimate of drug-likeness (QED) is 0.374. The van der Waals surface area contributed by atoms with E-state index in [9.17, 15) is 4.79 Å². The predicted molar refractivity (Wildman–Crippen MR) is 174 cm³/mol. The topological polar surface area (TPSA) is 70.4 Å². The zero-order chi connectivity index (χ0) is 28.5. The number of hydrogen-bond donors (Lipinski definition) is 3. The molecule has 4 N–H and O–H groups in total. The number of benzene rings is 2. The Morgan fingerprint density at radius 1 is 0.750 bits per heavy atom. The van der Waals surface area contributed by atoms with Crippen LogP contribution in [0.4, 0.5) is 0 Å². The molecule has 1 heterocycles. The van der Waals surface area contributed by atoms with Gasteiger partial charge < -0.3 is 21.3 Å². The van der Waals surface area contributed by atoms with Crippen molar-refractivity contribution in [1.29, 1.82) is 0 Å². The molecule has 1 aliphatic heterocycles. The molecule has 1 saturated carbocycles. The van der Waals surface area contributed by atoms with E-state index in [1.807, 2.05) is 19.2 Å². The molecule has 7 heteroatoms. The lowest BCUT2D eigenvalue weighted by Crippen LogP contribution is -2.46. The summed E-state index contributed by atoms with van der Waals surface area (Å²) in [5.74, 6) is 0.362. The van der Waals surface area contributed by atoms with Crippen LogP contribution in [0, 0.1) is 0 Å². The van der Waals surface area contributed by atoms with E-state index in [2.05, 4.69) is 78.7 Å². The van der Waals surface area contributed by atoms with Gasteiger partial charge in [-0.1, -0.05) is 44.0 Å². The van der Waals surface area contributed by atoms with Gasteiger partial charge in [0.1, 0.15) is 5.78 Å². The highest BCUT2D eigenvalue weighted by Crippen LogP contribution is 2.26. The number of fused-ring (bicyclic) bond motifs is 2. The number of likely N-dealkylation sites (tertiary alicyclic amines) is 1. The van der Waals surface area contributed by atoms with Gasteiger partial charge in [0.25, 0.3) is 0 Å². The number of nitrogens with two attached hydrogens (primary N) is 1. The minimum Gasteiger partial charge on any atom is -0.328 e. The second-order valence-corrected chi connectivity index (χ2v) is 14.0. The van der Waals surface area contributed by atoms with Crippen LogP contribution in [-0.4, -0.2) is 62.0 Å². The number of carbonyl (C=O) groups excluding carboxylic acids is 1. The Kier molecular flexibility index (Phi) is 12.7. The lowest BCUT2D eigenvalue weighted by atomic mass is 9.87. The van der Waals surface area contributed by atoms with E-state index in [0.717, 1.165) is 23.0 Å². The molecule has 4 aliphatic rings. The van der Waals surface area contributed by atoms with Gasteiger partial charge in [0.2, 0.25) is 0 Å². The zero-order valence-corrected chi connectivity index (χ0v) is 27.5. The number of carbonyl (C=O) groups is 1. The summed E-state index contributed by atoms with van der Waals surface area (Å²) in [4.78, 5) is 13.6. The predicted octanol–water partition coefficient (Wildman–Crippen LogP) is 5.97. The number of aryl methyl sites for hydroxylation is 2. The second kappa shape index (κ2) is 15.9. The summed E-state index contributed by atoms with van der Waals surface area (Å²) in [5.41, 5.74) is 11.3.